The molecule has 0 unspecified atom stereocenters. The fourth-order valence-corrected chi connectivity index (χ4v) is 6.14. The number of amides is 1. The third-order valence-electron chi connectivity index (χ3n) is 7.32. The largest absolute Gasteiger partial charge is 0.417 e. The van der Waals surface area contributed by atoms with Gasteiger partial charge in [-0.3, -0.25) is 23.8 Å². The number of fused-ring (bicyclic) bond motifs is 1. The summed E-state index contributed by atoms with van der Waals surface area (Å²) in [6.07, 6.45) is 6.96. The van der Waals surface area contributed by atoms with E-state index in [0.717, 1.165) is 0 Å². The molecule has 1 fully saturated rings. The number of imidazole rings is 1. The summed E-state index contributed by atoms with van der Waals surface area (Å²) >= 11 is 1.25. The molecule has 186 valence electrons. The molecule has 0 radical (unpaired) electrons. The Balaban J connectivity index is 1.44. The number of hydrogen-bond acceptors (Lipinski definition) is 7. The number of nitrogens with one attached hydrogen (secondary N) is 1. The lowest BCUT2D eigenvalue weighted by atomic mass is 9.78. The molecule has 1 aliphatic rings. The van der Waals surface area contributed by atoms with Gasteiger partial charge in [0, 0.05) is 36.7 Å². The molecule has 1 N–H and O–H groups in total. The fourth-order valence-electron chi connectivity index (χ4n) is 3.97. The first kappa shape index (κ1) is 25.4. The number of hydrogen-bond donors (Lipinski definition) is 1. The molecule has 0 saturated carbocycles. The van der Waals surface area contributed by atoms with Crippen molar-refractivity contribution in [1.82, 2.24) is 19.7 Å². The van der Waals surface area contributed by atoms with Crippen LogP contribution in [0.3, 0.4) is 0 Å². The molecule has 3 atom stereocenters. The minimum atomic E-state index is -1.89. The maximum absolute atomic E-state index is 13.3. The predicted octanol–water partition coefficient (Wildman–Crippen LogP) is 4.37. The van der Waals surface area contributed by atoms with Gasteiger partial charge in [0.05, 0.1) is 16.8 Å². The van der Waals surface area contributed by atoms with Crippen LogP contribution in [0.25, 0.3) is 4.83 Å². The van der Waals surface area contributed by atoms with E-state index in [0.29, 0.717) is 34.0 Å². The molecular formula is C25H32N4O4SSi. The van der Waals surface area contributed by atoms with Crippen molar-refractivity contribution >= 4 is 42.0 Å². The lowest BCUT2D eigenvalue weighted by Crippen LogP contribution is -2.62. The number of pyridine rings is 1. The highest BCUT2D eigenvalue weighted by atomic mass is 32.1. The molecule has 4 heterocycles. The number of Topliss-reactive ketones (excluding diaryl/α,β-unsaturated/α-hetero) is 1. The minimum absolute atomic E-state index is 0.0265. The Hall–Kier alpha value is -2.69. The van der Waals surface area contributed by atoms with E-state index in [2.05, 4.69) is 49.1 Å². The smallest absolute Gasteiger partial charge is 0.225 e. The summed E-state index contributed by atoms with van der Waals surface area (Å²) in [5.41, 5.74) is 0.745. The van der Waals surface area contributed by atoms with Crippen molar-refractivity contribution in [2.75, 3.05) is 6.61 Å². The standard InChI is InChI=1S/C25H32N4O4SSi/c1-15(19-17(23(32)28-19)9-11-33-35(5,6)25(2,3)4)21(30)18-13-29-14-27-20(24(29)34-18)22(31)16-8-7-10-26-12-16/h7-8,10,12-15,17,19H,9,11H2,1-6H3,(H,28,32)/t15-,17+,19+/m1/s1. The zero-order chi connectivity index (χ0) is 25.5. The summed E-state index contributed by atoms with van der Waals surface area (Å²) in [4.78, 5) is 47.9. The Morgan fingerprint density at radius 3 is 2.69 bits per heavy atom. The lowest BCUT2D eigenvalue weighted by Gasteiger charge is -2.41. The summed E-state index contributed by atoms with van der Waals surface area (Å²) in [7, 11) is -1.89. The second-order valence-corrected chi connectivity index (χ2v) is 16.5. The monoisotopic (exact) mass is 512 g/mol. The second kappa shape index (κ2) is 9.40. The van der Waals surface area contributed by atoms with Crippen LogP contribution in [0, 0.1) is 11.8 Å². The molecular weight excluding hydrogens is 480 g/mol. The van der Waals surface area contributed by atoms with E-state index in [4.69, 9.17) is 4.43 Å². The Bertz CT molecular complexity index is 1260. The van der Waals surface area contributed by atoms with Crippen molar-refractivity contribution < 1.29 is 18.8 Å². The van der Waals surface area contributed by atoms with Gasteiger partial charge in [0.15, 0.2) is 14.1 Å². The number of carbonyl (C=O) groups excluding carboxylic acids is 3. The maximum atomic E-state index is 13.3. The number of ketones is 2. The van der Waals surface area contributed by atoms with Crippen LogP contribution in [0.2, 0.25) is 18.1 Å². The molecule has 0 bridgehead atoms. The first-order valence-electron chi connectivity index (χ1n) is 11.8. The van der Waals surface area contributed by atoms with Crippen molar-refractivity contribution in [3.63, 3.8) is 0 Å². The van der Waals surface area contributed by atoms with Crippen LogP contribution in [0.15, 0.2) is 37.1 Å². The first-order valence-corrected chi connectivity index (χ1v) is 15.5. The summed E-state index contributed by atoms with van der Waals surface area (Å²) < 4.78 is 7.96. The quantitative estimate of drug-likeness (QED) is 0.259. The van der Waals surface area contributed by atoms with Crippen LogP contribution in [0.5, 0.6) is 0 Å². The number of carbonyl (C=O) groups is 3. The van der Waals surface area contributed by atoms with Crippen LogP contribution in [-0.2, 0) is 9.22 Å². The third kappa shape index (κ3) is 4.87. The zero-order valence-electron chi connectivity index (χ0n) is 21.0. The zero-order valence-corrected chi connectivity index (χ0v) is 22.8. The summed E-state index contributed by atoms with van der Waals surface area (Å²) in [6, 6.07) is 3.16. The van der Waals surface area contributed by atoms with E-state index in [9.17, 15) is 14.4 Å². The molecule has 0 spiro atoms. The summed E-state index contributed by atoms with van der Waals surface area (Å²) in [6.45, 7) is 13.3. The topological polar surface area (TPSA) is 103 Å². The molecule has 35 heavy (non-hydrogen) atoms. The van der Waals surface area contributed by atoms with Gasteiger partial charge < -0.3 is 9.74 Å². The molecule has 0 aliphatic carbocycles. The molecule has 3 aromatic rings. The van der Waals surface area contributed by atoms with Gasteiger partial charge in [0.25, 0.3) is 0 Å². The Morgan fingerprint density at radius 2 is 2.06 bits per heavy atom. The maximum Gasteiger partial charge on any atom is 0.225 e. The number of thiazole rings is 1. The van der Waals surface area contributed by atoms with Crippen LogP contribution >= 0.6 is 11.3 Å². The predicted molar refractivity (Wildman–Crippen MR) is 137 cm³/mol. The first-order chi connectivity index (χ1) is 16.4. The Morgan fingerprint density at radius 1 is 1.31 bits per heavy atom. The van der Waals surface area contributed by atoms with Crippen LogP contribution in [0.1, 0.15) is 59.8 Å². The summed E-state index contributed by atoms with van der Waals surface area (Å²) in [5, 5.41) is 3.02. The van der Waals surface area contributed by atoms with Crippen molar-refractivity contribution in [2.24, 2.45) is 11.8 Å². The number of nitrogens with zero attached hydrogens (tertiary/aromatic N) is 3. The normalized spacial score (nSPS) is 19.3. The Labute approximate surface area is 210 Å². The van der Waals surface area contributed by atoms with Gasteiger partial charge in [0.2, 0.25) is 11.7 Å². The molecule has 8 nitrogen and oxygen atoms in total. The molecule has 1 aliphatic heterocycles. The number of rotatable bonds is 9. The van der Waals surface area contributed by atoms with E-state index < -0.39 is 8.32 Å². The minimum Gasteiger partial charge on any atom is -0.417 e. The van der Waals surface area contributed by atoms with Gasteiger partial charge in [-0.15, -0.1) is 11.3 Å². The van der Waals surface area contributed by atoms with Crippen molar-refractivity contribution in [3.8, 4) is 0 Å². The van der Waals surface area contributed by atoms with Crippen LogP contribution in [0.4, 0.5) is 0 Å². The van der Waals surface area contributed by atoms with Gasteiger partial charge >= 0.3 is 0 Å². The molecule has 1 saturated heterocycles. The second-order valence-electron chi connectivity index (χ2n) is 10.7. The van der Waals surface area contributed by atoms with E-state index in [-0.39, 0.29) is 40.4 Å². The summed E-state index contributed by atoms with van der Waals surface area (Å²) in [5.74, 6) is -0.948. The van der Waals surface area contributed by atoms with Crippen molar-refractivity contribution in [2.45, 2.75) is 58.3 Å². The van der Waals surface area contributed by atoms with E-state index in [1.807, 2.05) is 6.92 Å². The van der Waals surface area contributed by atoms with Crippen LogP contribution < -0.4 is 5.32 Å². The van der Waals surface area contributed by atoms with Gasteiger partial charge in [-0.25, -0.2) is 4.98 Å². The van der Waals surface area contributed by atoms with Gasteiger partial charge in [-0.1, -0.05) is 27.7 Å². The number of β-lactam (4-membered cyclic amide) rings is 1. The van der Waals surface area contributed by atoms with Gasteiger partial charge in [0.1, 0.15) is 16.9 Å². The van der Waals surface area contributed by atoms with Gasteiger partial charge in [-0.05, 0) is 36.7 Å². The molecule has 4 rings (SSSR count). The van der Waals surface area contributed by atoms with Crippen molar-refractivity contribution in [3.05, 3.63) is 53.2 Å². The average Bonchev–Trinajstić information content (AvgIpc) is 3.39. The third-order valence-corrected chi connectivity index (χ3v) is 13.0. The highest BCUT2D eigenvalue weighted by Crippen LogP contribution is 2.37. The highest BCUT2D eigenvalue weighted by molar-refractivity contribution is 7.19. The molecule has 10 heteroatoms. The highest BCUT2D eigenvalue weighted by Gasteiger charge is 2.45. The van der Waals surface area contributed by atoms with Crippen molar-refractivity contribution in [1.29, 1.82) is 0 Å². The van der Waals surface area contributed by atoms with Crippen LogP contribution in [-0.4, -0.2) is 52.8 Å². The Kier molecular flexibility index (Phi) is 6.82. The average molecular weight is 513 g/mol. The van der Waals surface area contributed by atoms with E-state index >= 15 is 0 Å². The molecule has 3 aromatic heterocycles. The van der Waals surface area contributed by atoms with Gasteiger partial charge in [-0.2, -0.15) is 0 Å². The number of aromatic nitrogens is 3. The van der Waals surface area contributed by atoms with E-state index in [1.54, 1.807) is 35.3 Å². The molecule has 0 aromatic carbocycles. The molecule has 1 amide bonds. The van der Waals surface area contributed by atoms with E-state index in [1.165, 1.54) is 17.5 Å². The SMILES string of the molecule is C[C@@H](C(=O)c1cn2cnc(C(=O)c3cccnc3)c2s1)[C@@H]1NC(=O)[C@H]1CCO[Si](C)(C)C(C)(C)C. The lowest BCUT2D eigenvalue weighted by molar-refractivity contribution is -0.136. The fraction of sp³-hybridized carbons (Fsp3) is 0.480.